The zero-order valence-electron chi connectivity index (χ0n) is 26.1. The van der Waals surface area contributed by atoms with Crippen LogP contribution in [-0.4, -0.2) is 62.6 Å². The van der Waals surface area contributed by atoms with Gasteiger partial charge < -0.3 is 15.5 Å². The zero-order chi connectivity index (χ0) is 28.0. The molecule has 1 saturated heterocycles. The first-order valence-corrected chi connectivity index (χ1v) is 14.9. The van der Waals surface area contributed by atoms with Crippen LogP contribution in [0.2, 0.25) is 0 Å². The molecule has 0 spiro atoms. The summed E-state index contributed by atoms with van der Waals surface area (Å²) in [6.45, 7) is 31.1. The molecule has 1 aliphatic carbocycles. The summed E-state index contributed by atoms with van der Waals surface area (Å²) >= 11 is 0. The van der Waals surface area contributed by atoms with Crippen LogP contribution in [0.4, 0.5) is 17.8 Å². The van der Waals surface area contributed by atoms with Crippen LogP contribution in [0.25, 0.3) is 0 Å². The van der Waals surface area contributed by atoms with E-state index in [1.807, 2.05) is 0 Å². The van der Waals surface area contributed by atoms with Gasteiger partial charge >= 0.3 is 0 Å². The second-order valence-corrected chi connectivity index (χ2v) is 14.3. The lowest BCUT2D eigenvalue weighted by atomic mass is 9.55. The van der Waals surface area contributed by atoms with E-state index in [-0.39, 0.29) is 21.9 Å². The fourth-order valence-corrected chi connectivity index (χ4v) is 9.05. The Bertz CT molecular complexity index is 816. The van der Waals surface area contributed by atoms with Gasteiger partial charge in [0, 0.05) is 36.3 Å². The Morgan fingerprint density at radius 1 is 0.703 bits per heavy atom. The summed E-state index contributed by atoms with van der Waals surface area (Å²) in [6.07, 6.45) is 5.63. The average molecular weight is 516 g/mol. The van der Waals surface area contributed by atoms with Crippen molar-refractivity contribution in [1.29, 1.82) is 0 Å². The van der Waals surface area contributed by atoms with Crippen LogP contribution in [0.15, 0.2) is 0 Å². The van der Waals surface area contributed by atoms with Crippen LogP contribution in [0.1, 0.15) is 115 Å². The summed E-state index contributed by atoms with van der Waals surface area (Å²) in [5, 5.41) is 0. The predicted molar refractivity (Wildman–Crippen MR) is 158 cm³/mol. The van der Waals surface area contributed by atoms with Gasteiger partial charge in [-0.2, -0.15) is 15.0 Å². The minimum Gasteiger partial charge on any atom is -0.368 e. The Hall–Kier alpha value is -1.63. The molecule has 1 saturated carbocycles. The second-order valence-electron chi connectivity index (χ2n) is 14.3. The van der Waals surface area contributed by atoms with Gasteiger partial charge in [-0.15, -0.1) is 0 Å². The number of nitrogen functional groups attached to an aromatic ring is 1. The molecule has 2 heterocycles. The largest absolute Gasteiger partial charge is 0.368 e. The SMILES string of the molecule is CCC1C(C)(C)CC(N(CC)c2nc(N)nc(N(CC)C3CC(C)(C)N(CC)C(C)(C)C3)n2)CC1(C)C. The number of hydrogen-bond acceptors (Lipinski definition) is 7. The number of nitrogens with two attached hydrogens (primary N) is 1. The number of nitrogens with zero attached hydrogens (tertiary/aromatic N) is 6. The second kappa shape index (κ2) is 10.5. The van der Waals surface area contributed by atoms with Crippen molar-refractivity contribution in [3.63, 3.8) is 0 Å². The first kappa shape index (κ1) is 29.9. The zero-order valence-corrected chi connectivity index (χ0v) is 26.1. The van der Waals surface area contributed by atoms with E-state index in [1.165, 1.54) is 6.42 Å². The van der Waals surface area contributed by atoms with Crippen LogP contribution in [0.5, 0.6) is 0 Å². The smallest absolute Gasteiger partial charge is 0.232 e. The first-order chi connectivity index (χ1) is 17.0. The third kappa shape index (κ3) is 5.86. The van der Waals surface area contributed by atoms with Gasteiger partial charge in [-0.1, -0.05) is 48.0 Å². The molecule has 0 radical (unpaired) electrons. The number of aromatic nitrogens is 3. The third-order valence-corrected chi connectivity index (χ3v) is 9.77. The topological polar surface area (TPSA) is 74.4 Å². The highest BCUT2D eigenvalue weighted by molar-refractivity contribution is 5.45. The van der Waals surface area contributed by atoms with Crippen LogP contribution in [0, 0.1) is 16.7 Å². The van der Waals surface area contributed by atoms with Crippen molar-refractivity contribution >= 4 is 17.8 Å². The van der Waals surface area contributed by atoms with E-state index < -0.39 is 0 Å². The fourth-order valence-electron chi connectivity index (χ4n) is 9.05. The molecule has 3 rings (SSSR count). The third-order valence-electron chi connectivity index (χ3n) is 9.77. The number of anilines is 3. The van der Waals surface area contributed by atoms with Crippen LogP contribution >= 0.6 is 0 Å². The molecule has 0 bridgehead atoms. The predicted octanol–water partition coefficient (Wildman–Crippen LogP) is 6.39. The highest BCUT2D eigenvalue weighted by Gasteiger charge is 2.49. The van der Waals surface area contributed by atoms with E-state index in [2.05, 4.69) is 97.8 Å². The van der Waals surface area contributed by atoms with E-state index in [4.69, 9.17) is 20.7 Å². The first-order valence-electron chi connectivity index (χ1n) is 14.9. The monoisotopic (exact) mass is 515 g/mol. The Morgan fingerprint density at radius 2 is 1.11 bits per heavy atom. The molecule has 7 heteroatoms. The van der Waals surface area contributed by atoms with Gasteiger partial charge in [-0.05, 0) is 90.5 Å². The number of likely N-dealkylation sites (tertiary alicyclic amines) is 1. The van der Waals surface area contributed by atoms with E-state index in [1.54, 1.807) is 0 Å². The van der Waals surface area contributed by atoms with E-state index in [0.717, 1.165) is 57.2 Å². The van der Waals surface area contributed by atoms with Gasteiger partial charge in [0.25, 0.3) is 0 Å². The quantitative estimate of drug-likeness (QED) is 0.430. The molecule has 37 heavy (non-hydrogen) atoms. The fraction of sp³-hybridized carbons (Fsp3) is 0.900. The lowest BCUT2D eigenvalue weighted by Crippen LogP contribution is -2.64. The Balaban J connectivity index is 1.96. The van der Waals surface area contributed by atoms with Crippen LogP contribution in [0.3, 0.4) is 0 Å². The molecule has 1 aromatic rings. The summed E-state index contributed by atoms with van der Waals surface area (Å²) in [4.78, 5) is 22.0. The van der Waals surface area contributed by atoms with Crippen molar-refractivity contribution in [1.82, 2.24) is 19.9 Å². The molecule has 0 amide bonds. The van der Waals surface area contributed by atoms with E-state index in [0.29, 0.717) is 23.9 Å². The lowest BCUT2D eigenvalue weighted by molar-refractivity contribution is -0.0315. The summed E-state index contributed by atoms with van der Waals surface area (Å²) < 4.78 is 0. The summed E-state index contributed by atoms with van der Waals surface area (Å²) in [7, 11) is 0. The highest BCUT2D eigenvalue weighted by Crippen LogP contribution is 2.53. The molecular formula is C30H57N7. The molecule has 2 N–H and O–H groups in total. The minimum absolute atomic E-state index is 0.0977. The standard InChI is InChI=1S/C30H57N7/c1-13-23-27(5,6)17-21(18-28(23,7)8)35(14-2)25-32-24(31)33-26(34-25)36(15-3)22-19-29(9,10)37(16-4)30(11,12)20-22/h21-23H,13-20H2,1-12H3,(H2,31,32,33,34). The molecule has 0 aromatic carbocycles. The summed E-state index contributed by atoms with van der Waals surface area (Å²) in [5.41, 5.74) is 7.10. The maximum absolute atomic E-state index is 6.38. The van der Waals surface area contributed by atoms with Gasteiger partial charge in [-0.25, -0.2) is 0 Å². The maximum atomic E-state index is 6.38. The van der Waals surface area contributed by atoms with Crippen molar-refractivity contribution in [3.8, 4) is 0 Å². The molecule has 1 aromatic heterocycles. The Kier molecular flexibility index (Phi) is 8.49. The van der Waals surface area contributed by atoms with Gasteiger partial charge in [0.1, 0.15) is 0 Å². The van der Waals surface area contributed by atoms with Gasteiger partial charge in [-0.3, -0.25) is 4.90 Å². The Labute approximate surface area is 228 Å². The van der Waals surface area contributed by atoms with Crippen molar-refractivity contribution in [2.75, 3.05) is 35.2 Å². The molecule has 7 nitrogen and oxygen atoms in total. The molecule has 212 valence electrons. The molecule has 0 atom stereocenters. The normalized spacial score (nSPS) is 27.1. The lowest BCUT2D eigenvalue weighted by Gasteiger charge is -2.56. The molecule has 2 aliphatic rings. The van der Waals surface area contributed by atoms with Crippen LogP contribution < -0.4 is 15.5 Å². The highest BCUT2D eigenvalue weighted by atomic mass is 15.4. The van der Waals surface area contributed by atoms with Crippen LogP contribution in [-0.2, 0) is 0 Å². The van der Waals surface area contributed by atoms with Gasteiger partial charge in [0.15, 0.2) is 0 Å². The summed E-state index contributed by atoms with van der Waals surface area (Å²) in [6, 6.07) is 0.730. The van der Waals surface area contributed by atoms with Crippen molar-refractivity contribution in [3.05, 3.63) is 0 Å². The molecule has 2 fully saturated rings. The number of piperidine rings is 1. The van der Waals surface area contributed by atoms with Crippen molar-refractivity contribution in [2.45, 2.75) is 138 Å². The molecule has 1 aliphatic heterocycles. The van der Waals surface area contributed by atoms with E-state index >= 15 is 0 Å². The average Bonchev–Trinajstić information content (AvgIpc) is 2.71. The van der Waals surface area contributed by atoms with E-state index in [9.17, 15) is 0 Å². The number of hydrogen-bond donors (Lipinski definition) is 1. The Morgan fingerprint density at radius 3 is 1.46 bits per heavy atom. The minimum atomic E-state index is 0.0977. The van der Waals surface area contributed by atoms with Gasteiger partial charge in [0.05, 0.1) is 0 Å². The summed E-state index contributed by atoms with van der Waals surface area (Å²) in [5.74, 6) is 2.48. The molecule has 0 unspecified atom stereocenters. The molecular weight excluding hydrogens is 458 g/mol. The number of rotatable bonds is 8. The maximum Gasteiger partial charge on any atom is 0.232 e. The van der Waals surface area contributed by atoms with Crippen molar-refractivity contribution in [2.24, 2.45) is 16.7 Å². The van der Waals surface area contributed by atoms with Gasteiger partial charge in [0.2, 0.25) is 17.8 Å². The van der Waals surface area contributed by atoms with Crippen molar-refractivity contribution < 1.29 is 0 Å².